The number of ether oxygens (including phenoxy) is 1. The number of aliphatic hydroxyl groups is 2. The van der Waals surface area contributed by atoms with E-state index >= 15 is 0 Å². The van der Waals surface area contributed by atoms with Crippen molar-refractivity contribution < 1.29 is 20.1 Å². The smallest absolute Gasteiger partial charge is 0.121 e. The highest BCUT2D eigenvalue weighted by Gasteiger charge is 2.12. The van der Waals surface area contributed by atoms with Crippen molar-refractivity contribution >= 4 is 15.9 Å². The zero-order valence-corrected chi connectivity index (χ0v) is 17.8. The Hall–Kier alpha value is -2.04. The molecule has 0 aliphatic rings. The maximum Gasteiger partial charge on any atom is 0.121 e. The summed E-state index contributed by atoms with van der Waals surface area (Å²) in [5, 5.41) is 30.8. The zero-order chi connectivity index (χ0) is 20.5. The van der Waals surface area contributed by atoms with Crippen molar-refractivity contribution in [2.45, 2.75) is 44.8 Å². The van der Waals surface area contributed by atoms with Gasteiger partial charge in [0.15, 0.2) is 0 Å². The molecule has 0 fully saturated rings. The predicted octanol–water partition coefficient (Wildman–Crippen LogP) is 5.59. The Labute approximate surface area is 174 Å². The average molecular weight is 447 g/mol. The van der Waals surface area contributed by atoms with Crippen LogP contribution in [0.15, 0.2) is 64.3 Å². The highest BCUT2D eigenvalue weighted by atomic mass is 79.9. The third-order valence-electron chi connectivity index (χ3n) is 4.49. The van der Waals surface area contributed by atoms with Crippen LogP contribution in [-0.4, -0.2) is 22.4 Å². The van der Waals surface area contributed by atoms with Crippen molar-refractivity contribution in [3.8, 4) is 11.5 Å². The lowest BCUT2D eigenvalue weighted by molar-refractivity contribution is 0.176. The summed E-state index contributed by atoms with van der Waals surface area (Å²) in [5.41, 5.74) is 5.53. The number of hydrogen-bond acceptors (Lipinski definition) is 4. The van der Waals surface area contributed by atoms with Crippen molar-refractivity contribution in [1.82, 2.24) is 0 Å². The quantitative estimate of drug-likeness (QED) is 0.438. The zero-order valence-electron chi connectivity index (χ0n) is 16.2. The van der Waals surface area contributed by atoms with Crippen LogP contribution < -0.4 is 4.74 Å². The van der Waals surface area contributed by atoms with E-state index in [9.17, 15) is 15.3 Å². The molecule has 0 spiro atoms. The number of aromatic hydroxyl groups is 1. The minimum absolute atomic E-state index is 0.0665. The predicted molar refractivity (Wildman–Crippen MR) is 114 cm³/mol. The minimum atomic E-state index is -0.820. The van der Waals surface area contributed by atoms with Gasteiger partial charge in [0.05, 0.1) is 19.3 Å². The molecule has 2 aromatic rings. The number of hydrogen-bond donors (Lipinski definition) is 3. The molecule has 4 nitrogen and oxygen atoms in total. The maximum absolute atomic E-state index is 10.5. The van der Waals surface area contributed by atoms with Crippen LogP contribution in [0.4, 0.5) is 0 Å². The van der Waals surface area contributed by atoms with Crippen LogP contribution in [0.3, 0.4) is 0 Å². The molecule has 28 heavy (non-hydrogen) atoms. The average Bonchev–Trinajstić information content (AvgIpc) is 2.69. The van der Waals surface area contributed by atoms with Crippen LogP contribution in [0.5, 0.6) is 11.5 Å². The van der Waals surface area contributed by atoms with E-state index in [0.717, 1.165) is 34.2 Å². The van der Waals surface area contributed by atoms with Gasteiger partial charge in [0.25, 0.3) is 0 Å². The minimum Gasteiger partial charge on any atom is -0.508 e. The van der Waals surface area contributed by atoms with Gasteiger partial charge < -0.3 is 20.1 Å². The normalized spacial score (nSPS) is 12.8. The molecule has 0 aliphatic heterocycles. The first kappa shape index (κ1) is 22.3. The molecular weight excluding hydrogens is 420 g/mol. The third kappa shape index (κ3) is 6.54. The van der Waals surface area contributed by atoms with Gasteiger partial charge in [0.1, 0.15) is 11.5 Å². The Morgan fingerprint density at radius 1 is 1.14 bits per heavy atom. The number of phenolic OH excluding ortho intramolecular Hbond substituents is 1. The first-order chi connectivity index (χ1) is 13.4. The van der Waals surface area contributed by atoms with E-state index in [0.29, 0.717) is 18.4 Å². The topological polar surface area (TPSA) is 69.9 Å². The summed E-state index contributed by atoms with van der Waals surface area (Å²) in [5.74, 6) is 0.821. The summed E-state index contributed by atoms with van der Waals surface area (Å²) in [6.45, 7) is 2.08. The van der Waals surface area contributed by atoms with Crippen molar-refractivity contribution in [2.24, 2.45) is 0 Å². The van der Waals surface area contributed by atoms with Gasteiger partial charge in [0.2, 0.25) is 0 Å². The van der Waals surface area contributed by atoms with Gasteiger partial charge in [-0.25, -0.2) is 0 Å². The highest BCUT2D eigenvalue weighted by Crippen LogP contribution is 2.30. The molecule has 0 bridgehead atoms. The Morgan fingerprint density at radius 2 is 1.86 bits per heavy atom. The Bertz CT molecular complexity index is 823. The lowest BCUT2D eigenvalue weighted by atomic mass is 9.98. The summed E-state index contributed by atoms with van der Waals surface area (Å²) in [4.78, 5) is 0. The molecule has 2 aromatic carbocycles. The number of rotatable bonds is 9. The van der Waals surface area contributed by atoms with Crippen molar-refractivity contribution in [2.75, 3.05) is 7.11 Å². The Kier molecular flexibility index (Phi) is 8.81. The van der Waals surface area contributed by atoms with Crippen LogP contribution >= 0.6 is 15.9 Å². The highest BCUT2D eigenvalue weighted by molar-refractivity contribution is 9.10. The van der Waals surface area contributed by atoms with Crippen LogP contribution in [0, 0.1) is 0 Å². The molecule has 0 unspecified atom stereocenters. The van der Waals surface area contributed by atoms with Crippen molar-refractivity contribution in [1.29, 1.82) is 0 Å². The molecule has 150 valence electrons. The lowest BCUT2D eigenvalue weighted by Gasteiger charge is -2.13. The number of phenols is 1. The van der Waals surface area contributed by atoms with Gasteiger partial charge in [-0.3, -0.25) is 0 Å². The second-order valence-electron chi connectivity index (χ2n) is 6.65. The summed E-state index contributed by atoms with van der Waals surface area (Å²) in [6.07, 6.45) is 2.91. The molecule has 3 N–H and O–H groups in total. The lowest BCUT2D eigenvalue weighted by Crippen LogP contribution is -1.99. The van der Waals surface area contributed by atoms with Crippen LogP contribution in [-0.2, 0) is 0 Å². The molecule has 2 atom stereocenters. The summed E-state index contributed by atoms with van der Waals surface area (Å²) in [6, 6.07) is 12.4. The first-order valence-corrected chi connectivity index (χ1v) is 10.1. The van der Waals surface area contributed by atoms with E-state index in [1.165, 1.54) is 0 Å². The molecule has 0 amide bonds. The molecule has 2 rings (SSSR count). The molecule has 5 heteroatoms. The number of halogens is 1. The Morgan fingerprint density at radius 3 is 2.50 bits per heavy atom. The molecule has 0 radical (unpaired) electrons. The van der Waals surface area contributed by atoms with E-state index in [-0.39, 0.29) is 5.75 Å². The van der Waals surface area contributed by atoms with Gasteiger partial charge in [-0.15, -0.1) is 5.73 Å². The van der Waals surface area contributed by atoms with Gasteiger partial charge in [-0.1, -0.05) is 41.4 Å². The van der Waals surface area contributed by atoms with Crippen molar-refractivity contribution in [3.63, 3.8) is 0 Å². The second-order valence-corrected chi connectivity index (χ2v) is 7.57. The van der Waals surface area contributed by atoms with E-state index in [2.05, 4.69) is 28.6 Å². The fraction of sp³-hybridized carbons (Fsp3) is 0.348. The summed E-state index contributed by atoms with van der Waals surface area (Å²) in [7, 11) is 1.61. The van der Waals surface area contributed by atoms with Crippen LogP contribution in [0.1, 0.15) is 55.9 Å². The summed E-state index contributed by atoms with van der Waals surface area (Å²) >= 11 is 3.35. The van der Waals surface area contributed by atoms with E-state index in [1.807, 2.05) is 24.3 Å². The number of benzene rings is 2. The fourth-order valence-corrected chi connectivity index (χ4v) is 3.33. The molecule has 0 saturated carbocycles. The van der Waals surface area contributed by atoms with E-state index < -0.39 is 12.2 Å². The number of aliphatic hydroxyl groups excluding tert-OH is 2. The van der Waals surface area contributed by atoms with E-state index in [1.54, 1.807) is 31.4 Å². The molecule has 0 aliphatic carbocycles. The third-order valence-corrected chi connectivity index (χ3v) is 4.98. The maximum atomic E-state index is 10.5. The second kappa shape index (κ2) is 11.1. The standard InChI is InChI=1S/C23H27BrO4/c1-3-5-16(14-23(27)17-8-11-19(28-2)12-9-17)6-4-7-21(25)20-15-18(24)10-13-22(20)26/h4,8-13,15,21,23,25-27H,3,5,7,14H2,1-2H3/t6?,21-,23-/m1/s1. The molecule has 0 heterocycles. The molecular formula is C23H27BrO4. The van der Waals surface area contributed by atoms with Gasteiger partial charge >= 0.3 is 0 Å². The SMILES string of the molecule is CCCC(=C=CC[C@@H](O)c1cc(Br)ccc1O)C[C@@H](O)c1ccc(OC)cc1. The van der Waals surface area contributed by atoms with Crippen LogP contribution in [0.25, 0.3) is 0 Å². The Balaban J connectivity index is 2.08. The largest absolute Gasteiger partial charge is 0.508 e. The van der Waals surface area contributed by atoms with Gasteiger partial charge in [0, 0.05) is 22.9 Å². The van der Waals surface area contributed by atoms with Crippen LogP contribution in [0.2, 0.25) is 0 Å². The fourth-order valence-electron chi connectivity index (χ4n) is 2.95. The van der Waals surface area contributed by atoms with Crippen molar-refractivity contribution in [3.05, 3.63) is 75.4 Å². The monoisotopic (exact) mass is 446 g/mol. The molecule has 0 aromatic heterocycles. The van der Waals surface area contributed by atoms with Gasteiger partial charge in [-0.2, -0.15) is 0 Å². The van der Waals surface area contributed by atoms with E-state index in [4.69, 9.17) is 4.74 Å². The number of methoxy groups -OCH3 is 1. The summed E-state index contributed by atoms with van der Waals surface area (Å²) < 4.78 is 5.95. The van der Waals surface area contributed by atoms with Gasteiger partial charge in [-0.05, 0) is 54.0 Å². The molecule has 0 saturated heterocycles. The first-order valence-electron chi connectivity index (χ1n) is 9.36.